The summed E-state index contributed by atoms with van der Waals surface area (Å²) in [6.07, 6.45) is -0.587. The summed E-state index contributed by atoms with van der Waals surface area (Å²) in [6.45, 7) is 2.89. The molecule has 1 N–H and O–H groups in total. The van der Waals surface area contributed by atoms with Crippen molar-refractivity contribution in [3.63, 3.8) is 0 Å². The van der Waals surface area contributed by atoms with Crippen LogP contribution in [0.2, 0.25) is 10.0 Å². The Morgan fingerprint density at radius 3 is 2.07 bits per heavy atom. The number of benzene rings is 3. The predicted octanol–water partition coefficient (Wildman–Crippen LogP) is 5.82. The smallest absolute Gasteiger partial charge is 0.106 e. The van der Waals surface area contributed by atoms with Crippen molar-refractivity contribution in [3.05, 3.63) is 76.5 Å². The predicted molar refractivity (Wildman–Crippen MR) is 120 cm³/mol. The molecule has 0 aliphatic carbocycles. The molecule has 5 aromatic rings. The normalized spacial score (nSPS) is 13.0. The average Bonchev–Trinajstić information content (AvgIpc) is 3.16. The van der Waals surface area contributed by atoms with Crippen molar-refractivity contribution in [3.8, 4) is 0 Å². The molecule has 5 rings (SSSR count). The second-order valence-corrected chi connectivity index (χ2v) is 8.22. The second kappa shape index (κ2) is 7.06. The molecule has 0 saturated carbocycles. The summed E-state index contributed by atoms with van der Waals surface area (Å²) >= 11 is 12.5. The number of aromatic nitrogens is 3. The van der Waals surface area contributed by atoms with Gasteiger partial charge in [-0.1, -0.05) is 35.3 Å². The highest BCUT2D eigenvalue weighted by molar-refractivity contribution is 6.33. The number of hydrogen-bond donors (Lipinski definition) is 1. The first-order chi connectivity index (χ1) is 14.0. The molecule has 0 saturated heterocycles. The van der Waals surface area contributed by atoms with Crippen molar-refractivity contribution in [2.45, 2.75) is 26.1 Å². The SMILES string of the molecule is Cc1nc2ccccc2n1C[C@H](O)Cn1c2ccc(Cl)cc2c2cc(Cl)ccc21. The molecule has 0 bridgehead atoms. The standard InChI is InChI=1S/C23H19Cl2N3O/c1-14-26-20-4-2-3-5-23(20)27(14)12-17(29)13-28-21-8-6-15(24)10-18(21)19-11-16(25)7-9-22(19)28/h2-11,17,29H,12-13H2,1H3/t17-/m0/s1. The number of para-hydroxylation sites is 2. The molecule has 0 unspecified atom stereocenters. The average molecular weight is 424 g/mol. The maximum atomic E-state index is 11.0. The van der Waals surface area contributed by atoms with Crippen LogP contribution in [0.3, 0.4) is 0 Å². The van der Waals surface area contributed by atoms with E-state index in [1.54, 1.807) is 0 Å². The highest BCUT2D eigenvalue weighted by Crippen LogP contribution is 2.33. The number of nitrogens with zero attached hydrogens (tertiary/aromatic N) is 3. The molecule has 0 aliphatic heterocycles. The minimum Gasteiger partial charge on any atom is -0.389 e. The first-order valence-electron chi connectivity index (χ1n) is 9.48. The van der Waals surface area contributed by atoms with Gasteiger partial charge in [-0.2, -0.15) is 0 Å². The zero-order valence-corrected chi connectivity index (χ0v) is 17.3. The molecule has 3 aromatic carbocycles. The van der Waals surface area contributed by atoms with Gasteiger partial charge in [-0.15, -0.1) is 0 Å². The van der Waals surface area contributed by atoms with Crippen molar-refractivity contribution in [1.29, 1.82) is 0 Å². The van der Waals surface area contributed by atoms with Gasteiger partial charge in [0.25, 0.3) is 0 Å². The summed E-state index contributed by atoms with van der Waals surface area (Å²) in [7, 11) is 0. The van der Waals surface area contributed by atoms with Gasteiger partial charge < -0.3 is 14.2 Å². The van der Waals surface area contributed by atoms with Gasteiger partial charge in [0.15, 0.2) is 0 Å². The Labute approximate surface area is 177 Å². The van der Waals surface area contributed by atoms with Gasteiger partial charge >= 0.3 is 0 Å². The van der Waals surface area contributed by atoms with E-state index in [0.29, 0.717) is 23.1 Å². The highest BCUT2D eigenvalue weighted by atomic mass is 35.5. The van der Waals surface area contributed by atoms with E-state index in [0.717, 1.165) is 38.7 Å². The van der Waals surface area contributed by atoms with Crippen LogP contribution in [-0.2, 0) is 13.1 Å². The van der Waals surface area contributed by atoms with Crippen molar-refractivity contribution in [2.24, 2.45) is 0 Å². The third-order valence-electron chi connectivity index (χ3n) is 5.42. The number of imidazole rings is 1. The Morgan fingerprint density at radius 1 is 0.828 bits per heavy atom. The van der Waals surface area contributed by atoms with Gasteiger partial charge in [-0.05, 0) is 55.5 Å². The number of hydrogen-bond acceptors (Lipinski definition) is 2. The lowest BCUT2D eigenvalue weighted by molar-refractivity contribution is 0.137. The number of aliphatic hydroxyl groups excluding tert-OH is 1. The number of aryl methyl sites for hydroxylation is 1. The lowest BCUT2D eigenvalue weighted by atomic mass is 10.1. The van der Waals surface area contributed by atoms with Crippen LogP contribution in [0.4, 0.5) is 0 Å². The van der Waals surface area contributed by atoms with Gasteiger partial charge in [0.2, 0.25) is 0 Å². The van der Waals surface area contributed by atoms with E-state index in [9.17, 15) is 5.11 Å². The van der Waals surface area contributed by atoms with E-state index < -0.39 is 6.10 Å². The largest absolute Gasteiger partial charge is 0.389 e. The zero-order chi connectivity index (χ0) is 20.1. The van der Waals surface area contributed by atoms with Crippen molar-refractivity contribution < 1.29 is 5.11 Å². The van der Waals surface area contributed by atoms with E-state index in [1.165, 1.54) is 0 Å². The summed E-state index contributed by atoms with van der Waals surface area (Å²) in [6, 6.07) is 19.6. The Hall–Kier alpha value is -2.53. The summed E-state index contributed by atoms with van der Waals surface area (Å²) in [5, 5.41) is 14.4. The fourth-order valence-corrected chi connectivity index (χ4v) is 4.50. The van der Waals surface area contributed by atoms with Crippen molar-refractivity contribution >= 4 is 56.0 Å². The van der Waals surface area contributed by atoms with Crippen LogP contribution in [-0.4, -0.2) is 25.3 Å². The van der Waals surface area contributed by atoms with Gasteiger partial charge in [0.05, 0.1) is 30.2 Å². The molecule has 0 aliphatic rings. The third kappa shape index (κ3) is 3.18. The Kier molecular flexibility index (Phi) is 4.50. The van der Waals surface area contributed by atoms with E-state index in [1.807, 2.05) is 67.6 Å². The number of rotatable bonds is 4. The first kappa shape index (κ1) is 18.5. The van der Waals surface area contributed by atoms with Crippen LogP contribution in [0, 0.1) is 6.92 Å². The maximum absolute atomic E-state index is 11.0. The Morgan fingerprint density at radius 2 is 1.41 bits per heavy atom. The van der Waals surface area contributed by atoms with Gasteiger partial charge in [0.1, 0.15) is 5.82 Å². The minimum atomic E-state index is -0.587. The van der Waals surface area contributed by atoms with E-state index in [4.69, 9.17) is 23.2 Å². The molecule has 2 heterocycles. The molecule has 6 heteroatoms. The lowest BCUT2D eigenvalue weighted by Crippen LogP contribution is -2.22. The van der Waals surface area contributed by atoms with Gasteiger partial charge in [0, 0.05) is 31.9 Å². The Bertz CT molecular complexity index is 1310. The fourth-order valence-electron chi connectivity index (χ4n) is 4.15. The summed E-state index contributed by atoms with van der Waals surface area (Å²) in [5.74, 6) is 0.894. The third-order valence-corrected chi connectivity index (χ3v) is 5.89. The molecule has 0 fully saturated rings. The number of aliphatic hydroxyl groups is 1. The van der Waals surface area contributed by atoms with Crippen molar-refractivity contribution in [2.75, 3.05) is 0 Å². The molecule has 4 nitrogen and oxygen atoms in total. The first-order valence-corrected chi connectivity index (χ1v) is 10.2. The van der Waals surface area contributed by atoms with Gasteiger partial charge in [-0.3, -0.25) is 0 Å². The molecule has 0 amide bonds. The van der Waals surface area contributed by atoms with E-state index >= 15 is 0 Å². The van der Waals surface area contributed by atoms with Crippen LogP contribution in [0.15, 0.2) is 60.7 Å². The Balaban J connectivity index is 1.56. The monoisotopic (exact) mass is 423 g/mol. The second-order valence-electron chi connectivity index (χ2n) is 7.35. The van der Waals surface area contributed by atoms with Crippen LogP contribution in [0.1, 0.15) is 5.82 Å². The molecular formula is C23H19Cl2N3O. The number of halogens is 2. The molecule has 1 atom stereocenters. The van der Waals surface area contributed by atoms with Crippen LogP contribution < -0.4 is 0 Å². The minimum absolute atomic E-state index is 0.454. The highest BCUT2D eigenvalue weighted by Gasteiger charge is 2.17. The summed E-state index contributed by atoms with van der Waals surface area (Å²) in [5.41, 5.74) is 4.03. The van der Waals surface area contributed by atoms with Crippen LogP contribution >= 0.6 is 23.2 Å². The van der Waals surface area contributed by atoms with Gasteiger partial charge in [-0.25, -0.2) is 4.98 Å². The van der Waals surface area contributed by atoms with E-state index in [2.05, 4.69) is 14.1 Å². The molecule has 29 heavy (non-hydrogen) atoms. The molecule has 0 spiro atoms. The zero-order valence-electron chi connectivity index (χ0n) is 15.8. The maximum Gasteiger partial charge on any atom is 0.106 e. The number of fused-ring (bicyclic) bond motifs is 4. The molecule has 0 radical (unpaired) electrons. The lowest BCUT2D eigenvalue weighted by Gasteiger charge is -2.16. The van der Waals surface area contributed by atoms with Crippen LogP contribution in [0.5, 0.6) is 0 Å². The molecular weight excluding hydrogens is 405 g/mol. The molecule has 146 valence electrons. The summed E-state index contributed by atoms with van der Waals surface area (Å²) < 4.78 is 4.21. The molecule has 2 aromatic heterocycles. The quantitative estimate of drug-likeness (QED) is 0.395. The van der Waals surface area contributed by atoms with Crippen LogP contribution in [0.25, 0.3) is 32.8 Å². The van der Waals surface area contributed by atoms with Crippen molar-refractivity contribution in [1.82, 2.24) is 14.1 Å². The fraction of sp³-hybridized carbons (Fsp3) is 0.174. The summed E-state index contributed by atoms with van der Waals surface area (Å²) in [4.78, 5) is 4.60. The van der Waals surface area contributed by atoms with E-state index in [-0.39, 0.29) is 0 Å². The topological polar surface area (TPSA) is 43.0 Å².